The number of aryl methyl sites for hydroxylation is 1. The number of fused-ring (bicyclic) bond motifs is 1. The summed E-state index contributed by atoms with van der Waals surface area (Å²) in [7, 11) is 0. The Labute approximate surface area is 170 Å². The Kier molecular flexibility index (Phi) is 5.40. The van der Waals surface area contributed by atoms with Gasteiger partial charge in [0, 0.05) is 23.2 Å². The third-order valence-electron chi connectivity index (χ3n) is 4.53. The summed E-state index contributed by atoms with van der Waals surface area (Å²) in [5.74, 6) is 0.517. The van der Waals surface area contributed by atoms with Gasteiger partial charge in [-0.05, 0) is 30.0 Å². The van der Waals surface area contributed by atoms with Crippen molar-refractivity contribution in [2.24, 2.45) is 0 Å². The fraction of sp³-hybridized carbons (Fsp3) is 0.250. The molecule has 0 fully saturated rings. The molecule has 144 valence electrons. The van der Waals surface area contributed by atoms with Gasteiger partial charge in [0.15, 0.2) is 11.7 Å². The topological polar surface area (TPSA) is 71.5 Å². The number of amides is 2. The minimum absolute atomic E-state index is 0.0146. The molecule has 0 saturated heterocycles. The maximum atomic E-state index is 12.5. The van der Waals surface area contributed by atoms with Crippen molar-refractivity contribution in [1.82, 2.24) is 9.88 Å². The molecule has 1 aromatic carbocycles. The van der Waals surface area contributed by atoms with E-state index >= 15 is 0 Å². The highest BCUT2D eigenvalue weighted by Gasteiger charge is 2.25. The van der Waals surface area contributed by atoms with Crippen LogP contribution in [-0.4, -0.2) is 34.8 Å². The molecule has 2 amide bonds. The molecule has 2 aromatic heterocycles. The van der Waals surface area contributed by atoms with Gasteiger partial charge in [0.25, 0.3) is 11.8 Å². The van der Waals surface area contributed by atoms with Crippen LogP contribution in [0.5, 0.6) is 5.75 Å². The Balaban J connectivity index is 1.36. The van der Waals surface area contributed by atoms with E-state index in [0.29, 0.717) is 30.2 Å². The number of nitrogens with zero attached hydrogens (tertiary/aromatic N) is 2. The second-order valence-corrected chi connectivity index (χ2v) is 8.34. The Hall–Kier alpha value is -2.71. The predicted molar refractivity (Wildman–Crippen MR) is 110 cm³/mol. The van der Waals surface area contributed by atoms with E-state index in [0.717, 1.165) is 21.9 Å². The number of nitrogens with one attached hydrogen (secondary N) is 1. The number of thiazole rings is 1. The van der Waals surface area contributed by atoms with Crippen LogP contribution in [-0.2, 0) is 17.8 Å². The number of carbonyl (C=O) groups excluding carboxylic acids is 2. The Morgan fingerprint density at radius 2 is 2.14 bits per heavy atom. The van der Waals surface area contributed by atoms with Gasteiger partial charge < -0.3 is 9.64 Å². The second kappa shape index (κ2) is 8.12. The highest BCUT2D eigenvalue weighted by molar-refractivity contribution is 7.16. The van der Waals surface area contributed by atoms with E-state index in [2.05, 4.69) is 10.3 Å². The smallest absolute Gasteiger partial charge is 0.260 e. The largest absolute Gasteiger partial charge is 0.484 e. The Morgan fingerprint density at radius 1 is 1.29 bits per heavy atom. The van der Waals surface area contributed by atoms with Crippen molar-refractivity contribution in [3.05, 3.63) is 62.8 Å². The zero-order valence-electron chi connectivity index (χ0n) is 15.3. The molecular formula is C20H19N3O3S2. The molecule has 3 heterocycles. The number of thiophene rings is 1. The van der Waals surface area contributed by atoms with Gasteiger partial charge in [-0.1, -0.05) is 29.5 Å². The van der Waals surface area contributed by atoms with Crippen LogP contribution in [0.1, 0.15) is 26.5 Å². The molecule has 0 aliphatic carbocycles. The van der Waals surface area contributed by atoms with Crippen molar-refractivity contribution in [2.75, 3.05) is 18.5 Å². The van der Waals surface area contributed by atoms with Crippen molar-refractivity contribution in [3.63, 3.8) is 0 Å². The van der Waals surface area contributed by atoms with Crippen molar-refractivity contribution < 1.29 is 14.3 Å². The molecule has 4 rings (SSSR count). The van der Waals surface area contributed by atoms with Crippen molar-refractivity contribution in [3.8, 4) is 5.75 Å². The molecule has 0 unspecified atom stereocenters. The maximum Gasteiger partial charge on any atom is 0.260 e. The number of para-hydroxylation sites is 1. The molecule has 28 heavy (non-hydrogen) atoms. The first-order valence-electron chi connectivity index (χ1n) is 8.88. The monoisotopic (exact) mass is 413 g/mol. The third kappa shape index (κ3) is 4.07. The third-order valence-corrected chi connectivity index (χ3v) is 6.21. The summed E-state index contributed by atoms with van der Waals surface area (Å²) >= 11 is 2.90. The lowest BCUT2D eigenvalue weighted by Gasteiger charge is -2.26. The lowest BCUT2D eigenvalue weighted by atomic mass is 10.2. The fourth-order valence-electron chi connectivity index (χ4n) is 2.97. The summed E-state index contributed by atoms with van der Waals surface area (Å²) in [6.07, 6.45) is 0.677. The number of hydrogen-bond donors (Lipinski definition) is 1. The van der Waals surface area contributed by atoms with Crippen LogP contribution in [0.3, 0.4) is 0 Å². The number of benzene rings is 1. The molecule has 0 bridgehead atoms. The van der Waals surface area contributed by atoms with E-state index in [1.165, 1.54) is 22.7 Å². The normalized spacial score (nSPS) is 13.1. The summed E-state index contributed by atoms with van der Waals surface area (Å²) in [5.41, 5.74) is 2.59. The molecule has 3 aromatic rings. The van der Waals surface area contributed by atoms with Gasteiger partial charge in [-0.3, -0.25) is 14.9 Å². The molecule has 6 nitrogen and oxygen atoms in total. The molecule has 0 radical (unpaired) electrons. The summed E-state index contributed by atoms with van der Waals surface area (Å²) in [4.78, 5) is 32.0. The zero-order valence-corrected chi connectivity index (χ0v) is 16.9. The van der Waals surface area contributed by atoms with Gasteiger partial charge in [-0.2, -0.15) is 11.3 Å². The van der Waals surface area contributed by atoms with Crippen molar-refractivity contribution in [2.45, 2.75) is 19.9 Å². The first-order valence-corrected chi connectivity index (χ1v) is 10.6. The molecule has 0 spiro atoms. The fourth-order valence-corrected chi connectivity index (χ4v) is 4.63. The van der Waals surface area contributed by atoms with Crippen LogP contribution in [0.4, 0.5) is 5.13 Å². The first-order chi connectivity index (χ1) is 13.6. The van der Waals surface area contributed by atoms with Gasteiger partial charge in [0.2, 0.25) is 0 Å². The Morgan fingerprint density at radius 3 is 2.93 bits per heavy atom. The molecule has 1 aliphatic rings. The van der Waals surface area contributed by atoms with Crippen LogP contribution >= 0.6 is 22.7 Å². The van der Waals surface area contributed by atoms with Crippen LogP contribution in [0, 0.1) is 6.92 Å². The number of anilines is 1. The molecule has 8 heteroatoms. The Bertz CT molecular complexity index is 998. The number of carbonyl (C=O) groups is 2. The zero-order chi connectivity index (χ0) is 19.5. The molecular weight excluding hydrogens is 394 g/mol. The summed E-state index contributed by atoms with van der Waals surface area (Å²) in [6, 6.07) is 9.43. The summed E-state index contributed by atoms with van der Waals surface area (Å²) < 4.78 is 5.68. The average molecular weight is 414 g/mol. The average Bonchev–Trinajstić information content (AvgIpc) is 3.36. The van der Waals surface area contributed by atoms with E-state index in [-0.39, 0.29) is 18.4 Å². The number of hydrogen-bond acceptors (Lipinski definition) is 6. The van der Waals surface area contributed by atoms with Crippen LogP contribution in [0.2, 0.25) is 0 Å². The van der Waals surface area contributed by atoms with Crippen molar-refractivity contribution >= 4 is 39.6 Å². The maximum absolute atomic E-state index is 12.5. The molecule has 0 saturated carbocycles. The van der Waals surface area contributed by atoms with Gasteiger partial charge in [-0.25, -0.2) is 4.98 Å². The van der Waals surface area contributed by atoms with Crippen LogP contribution in [0.15, 0.2) is 41.1 Å². The minimum Gasteiger partial charge on any atom is -0.484 e. The van der Waals surface area contributed by atoms with Gasteiger partial charge in [0.05, 0.1) is 17.8 Å². The quantitative estimate of drug-likeness (QED) is 0.692. The lowest BCUT2D eigenvalue weighted by molar-refractivity contribution is -0.134. The van der Waals surface area contributed by atoms with Gasteiger partial charge >= 0.3 is 0 Å². The number of aromatic nitrogens is 1. The van der Waals surface area contributed by atoms with Gasteiger partial charge in [0.1, 0.15) is 5.75 Å². The molecule has 1 N–H and O–H groups in total. The predicted octanol–water partition coefficient (Wildman–Crippen LogP) is 3.73. The molecule has 1 aliphatic heterocycles. The number of ether oxygens (including phenoxy) is 1. The number of rotatable bonds is 5. The van der Waals surface area contributed by atoms with Crippen LogP contribution in [0.25, 0.3) is 0 Å². The summed E-state index contributed by atoms with van der Waals surface area (Å²) in [5, 5.41) is 7.09. The highest BCUT2D eigenvalue weighted by Crippen LogP contribution is 2.29. The van der Waals surface area contributed by atoms with E-state index in [1.807, 2.05) is 36.6 Å². The summed E-state index contributed by atoms with van der Waals surface area (Å²) in [6.45, 7) is 3.07. The second-order valence-electron chi connectivity index (χ2n) is 6.47. The van der Waals surface area contributed by atoms with E-state index in [9.17, 15) is 9.59 Å². The van der Waals surface area contributed by atoms with Crippen molar-refractivity contribution in [1.29, 1.82) is 0 Å². The standard InChI is InChI=1S/C20H19N3O3S2/c1-13-4-2-3-5-16(13)26-11-18(24)23-8-6-15-17(10-23)28-20(21-15)22-19(25)14-7-9-27-12-14/h2-5,7,9,12H,6,8,10-11H2,1H3,(H,21,22,25). The van der Waals surface area contributed by atoms with E-state index < -0.39 is 0 Å². The lowest BCUT2D eigenvalue weighted by Crippen LogP contribution is -2.38. The van der Waals surface area contributed by atoms with Gasteiger partial charge in [-0.15, -0.1) is 0 Å². The molecule has 0 atom stereocenters. The SMILES string of the molecule is Cc1ccccc1OCC(=O)N1CCc2nc(NC(=O)c3ccsc3)sc2C1. The minimum atomic E-state index is -0.160. The van der Waals surface area contributed by atoms with Crippen LogP contribution < -0.4 is 10.1 Å². The first kappa shape index (κ1) is 18.6. The van der Waals surface area contributed by atoms with E-state index in [4.69, 9.17) is 4.74 Å². The highest BCUT2D eigenvalue weighted by atomic mass is 32.1. The van der Waals surface area contributed by atoms with E-state index in [1.54, 1.807) is 16.3 Å².